The van der Waals surface area contributed by atoms with Gasteiger partial charge in [-0.05, 0) is 24.1 Å². The maximum atomic E-state index is 10.5. The normalized spacial score (nSPS) is 11.7. The highest BCUT2D eigenvalue weighted by molar-refractivity contribution is 7.17. The van der Waals surface area contributed by atoms with Gasteiger partial charge in [-0.3, -0.25) is 4.79 Å². The number of halogens is 1. The third-order valence-electron chi connectivity index (χ3n) is 1.93. The summed E-state index contributed by atoms with van der Waals surface area (Å²) < 4.78 is 0.738. The fraction of sp³-hybridized carbons (Fsp3) is 0.364. The minimum Gasteiger partial charge on any atom is -0.481 e. The number of carboxylic acid groups (broad SMARTS) is 1. The van der Waals surface area contributed by atoms with E-state index in [1.807, 2.05) is 12.1 Å². The van der Waals surface area contributed by atoms with Crippen LogP contribution in [-0.4, -0.2) is 11.1 Å². The third kappa shape index (κ3) is 4.06. The Morgan fingerprint density at radius 1 is 1.60 bits per heavy atom. The molecule has 0 radical (unpaired) electrons. The molecule has 0 unspecified atom stereocenters. The first kappa shape index (κ1) is 12.3. The Bertz CT molecular complexity index is 368. The van der Waals surface area contributed by atoms with E-state index in [4.69, 9.17) is 16.7 Å². The van der Waals surface area contributed by atoms with Crippen molar-refractivity contribution in [2.75, 3.05) is 0 Å². The Kier molecular flexibility index (Phi) is 4.85. The molecule has 82 valence electrons. The van der Waals surface area contributed by atoms with Crippen LogP contribution in [0.3, 0.4) is 0 Å². The summed E-state index contributed by atoms with van der Waals surface area (Å²) >= 11 is 7.33. The second-order valence-electron chi connectivity index (χ2n) is 3.18. The zero-order valence-corrected chi connectivity index (χ0v) is 10.1. The summed E-state index contributed by atoms with van der Waals surface area (Å²) in [4.78, 5) is 11.5. The van der Waals surface area contributed by atoms with Crippen LogP contribution in [0, 0.1) is 0 Å². The Morgan fingerprint density at radius 2 is 2.33 bits per heavy atom. The SMILES string of the molecule is CCC/C(=C\CC(=O)O)c1ccc(Cl)s1. The van der Waals surface area contributed by atoms with Crippen LogP contribution >= 0.6 is 22.9 Å². The number of carboxylic acids is 1. The number of aliphatic carboxylic acids is 1. The molecule has 1 rings (SSSR count). The maximum Gasteiger partial charge on any atom is 0.307 e. The van der Waals surface area contributed by atoms with E-state index in [0.29, 0.717) is 0 Å². The van der Waals surface area contributed by atoms with Crippen LogP contribution in [-0.2, 0) is 4.79 Å². The second-order valence-corrected chi connectivity index (χ2v) is 4.90. The molecule has 0 saturated heterocycles. The molecule has 0 aliphatic carbocycles. The van der Waals surface area contributed by atoms with Gasteiger partial charge in [0.25, 0.3) is 0 Å². The highest BCUT2D eigenvalue weighted by Gasteiger charge is 2.05. The lowest BCUT2D eigenvalue weighted by Gasteiger charge is -2.02. The molecule has 0 aromatic carbocycles. The number of hydrogen-bond acceptors (Lipinski definition) is 2. The molecule has 0 amide bonds. The van der Waals surface area contributed by atoms with Gasteiger partial charge in [0.15, 0.2) is 0 Å². The van der Waals surface area contributed by atoms with Gasteiger partial charge >= 0.3 is 5.97 Å². The van der Waals surface area contributed by atoms with Crippen molar-refractivity contribution < 1.29 is 9.90 Å². The fourth-order valence-electron chi connectivity index (χ4n) is 1.29. The van der Waals surface area contributed by atoms with E-state index >= 15 is 0 Å². The molecule has 0 aliphatic rings. The van der Waals surface area contributed by atoms with Gasteiger partial charge in [-0.15, -0.1) is 11.3 Å². The molecule has 2 nitrogen and oxygen atoms in total. The standard InChI is InChI=1S/C11H13ClO2S/c1-2-3-8(4-7-11(13)14)9-5-6-10(12)15-9/h4-6H,2-3,7H2,1H3,(H,13,14)/b8-4+. The van der Waals surface area contributed by atoms with Crippen LogP contribution in [0.15, 0.2) is 18.2 Å². The van der Waals surface area contributed by atoms with E-state index in [2.05, 4.69) is 6.92 Å². The van der Waals surface area contributed by atoms with E-state index in [1.54, 1.807) is 6.08 Å². The van der Waals surface area contributed by atoms with Gasteiger partial charge in [0.05, 0.1) is 10.8 Å². The van der Waals surface area contributed by atoms with Gasteiger partial charge in [-0.1, -0.05) is 31.0 Å². The molecular weight excluding hydrogens is 232 g/mol. The van der Waals surface area contributed by atoms with E-state index in [1.165, 1.54) is 11.3 Å². The molecule has 0 aliphatic heterocycles. The Morgan fingerprint density at radius 3 is 2.80 bits per heavy atom. The lowest BCUT2D eigenvalue weighted by Crippen LogP contribution is -1.91. The largest absolute Gasteiger partial charge is 0.481 e. The molecule has 15 heavy (non-hydrogen) atoms. The first-order valence-corrected chi connectivity index (χ1v) is 5.99. The number of hydrogen-bond donors (Lipinski definition) is 1. The van der Waals surface area contributed by atoms with Crippen molar-refractivity contribution in [2.45, 2.75) is 26.2 Å². The Hall–Kier alpha value is -0.800. The van der Waals surface area contributed by atoms with Gasteiger partial charge in [0.1, 0.15) is 0 Å². The van der Waals surface area contributed by atoms with Crippen molar-refractivity contribution in [1.82, 2.24) is 0 Å². The van der Waals surface area contributed by atoms with Crippen molar-refractivity contribution in [2.24, 2.45) is 0 Å². The minimum atomic E-state index is -0.800. The third-order valence-corrected chi connectivity index (χ3v) is 3.24. The summed E-state index contributed by atoms with van der Waals surface area (Å²) in [6, 6.07) is 3.78. The Labute approximate surface area is 98.2 Å². The monoisotopic (exact) mass is 244 g/mol. The van der Waals surface area contributed by atoms with Gasteiger partial charge < -0.3 is 5.11 Å². The van der Waals surface area contributed by atoms with Crippen LogP contribution in [0.1, 0.15) is 31.1 Å². The van der Waals surface area contributed by atoms with Crippen molar-refractivity contribution in [1.29, 1.82) is 0 Å². The molecule has 4 heteroatoms. The van der Waals surface area contributed by atoms with E-state index in [-0.39, 0.29) is 6.42 Å². The molecule has 0 saturated carbocycles. The predicted molar refractivity (Wildman–Crippen MR) is 64.5 cm³/mol. The lowest BCUT2D eigenvalue weighted by atomic mass is 10.1. The lowest BCUT2D eigenvalue weighted by molar-refractivity contribution is -0.135. The summed E-state index contributed by atoms with van der Waals surface area (Å²) in [5, 5.41) is 8.62. The number of allylic oxidation sites excluding steroid dienone is 1. The van der Waals surface area contributed by atoms with Crippen LogP contribution in [0.4, 0.5) is 0 Å². The van der Waals surface area contributed by atoms with Gasteiger partial charge in [-0.25, -0.2) is 0 Å². The van der Waals surface area contributed by atoms with Crippen molar-refractivity contribution in [3.05, 3.63) is 27.4 Å². The topological polar surface area (TPSA) is 37.3 Å². The maximum absolute atomic E-state index is 10.5. The van der Waals surface area contributed by atoms with Gasteiger partial charge in [0, 0.05) is 4.88 Å². The van der Waals surface area contributed by atoms with Crippen molar-refractivity contribution >= 4 is 34.5 Å². The second kappa shape index (κ2) is 5.93. The van der Waals surface area contributed by atoms with Gasteiger partial charge in [-0.2, -0.15) is 0 Å². The molecule has 0 spiro atoms. The molecule has 1 N–H and O–H groups in total. The van der Waals surface area contributed by atoms with Crippen molar-refractivity contribution in [3.63, 3.8) is 0 Å². The quantitative estimate of drug-likeness (QED) is 0.848. The van der Waals surface area contributed by atoms with E-state index in [9.17, 15) is 4.79 Å². The molecule has 0 atom stereocenters. The zero-order valence-electron chi connectivity index (χ0n) is 8.50. The average Bonchev–Trinajstić information content (AvgIpc) is 2.59. The van der Waals surface area contributed by atoms with Gasteiger partial charge in [0.2, 0.25) is 0 Å². The van der Waals surface area contributed by atoms with Crippen LogP contribution in [0.2, 0.25) is 4.34 Å². The zero-order chi connectivity index (χ0) is 11.3. The number of rotatable bonds is 5. The first-order chi connectivity index (χ1) is 7.13. The molecule has 0 fully saturated rings. The summed E-state index contributed by atoms with van der Waals surface area (Å²) in [6.45, 7) is 2.07. The van der Waals surface area contributed by atoms with E-state index in [0.717, 1.165) is 27.6 Å². The molecular formula is C11H13ClO2S. The predicted octanol–water partition coefficient (Wildman–Crippen LogP) is 4.06. The first-order valence-electron chi connectivity index (χ1n) is 4.80. The molecule has 0 bridgehead atoms. The van der Waals surface area contributed by atoms with E-state index < -0.39 is 5.97 Å². The summed E-state index contributed by atoms with van der Waals surface area (Å²) in [7, 11) is 0. The average molecular weight is 245 g/mol. The summed E-state index contributed by atoms with van der Waals surface area (Å²) in [5.74, 6) is -0.800. The van der Waals surface area contributed by atoms with Crippen LogP contribution < -0.4 is 0 Å². The molecule has 1 aromatic rings. The molecule has 1 aromatic heterocycles. The highest BCUT2D eigenvalue weighted by Crippen LogP contribution is 2.30. The minimum absolute atomic E-state index is 0.0743. The van der Waals surface area contributed by atoms with Crippen LogP contribution in [0.25, 0.3) is 5.57 Å². The van der Waals surface area contributed by atoms with Crippen molar-refractivity contribution in [3.8, 4) is 0 Å². The number of thiophene rings is 1. The number of carbonyl (C=O) groups is 1. The summed E-state index contributed by atoms with van der Waals surface area (Å²) in [5.41, 5.74) is 1.08. The Balaban J connectivity index is 2.82. The fourth-order valence-corrected chi connectivity index (χ4v) is 2.40. The highest BCUT2D eigenvalue weighted by atomic mass is 35.5. The molecule has 1 heterocycles. The summed E-state index contributed by atoms with van der Waals surface area (Å²) in [6.07, 6.45) is 3.74. The smallest absolute Gasteiger partial charge is 0.307 e. The van der Waals surface area contributed by atoms with Crippen LogP contribution in [0.5, 0.6) is 0 Å².